The van der Waals surface area contributed by atoms with Gasteiger partial charge >= 0.3 is 0 Å². The zero-order valence-electron chi connectivity index (χ0n) is 15.2. The number of rotatable bonds is 5. The number of hydrogen-bond acceptors (Lipinski definition) is 5. The number of halogens is 3. The predicted molar refractivity (Wildman–Crippen MR) is 114 cm³/mol. The third-order valence-electron chi connectivity index (χ3n) is 4.27. The van der Waals surface area contributed by atoms with Crippen LogP contribution in [0.15, 0.2) is 52.7 Å². The van der Waals surface area contributed by atoms with Crippen molar-refractivity contribution in [1.82, 2.24) is 4.98 Å². The van der Waals surface area contributed by atoms with Crippen molar-refractivity contribution in [2.75, 3.05) is 5.32 Å². The van der Waals surface area contributed by atoms with E-state index in [1.54, 1.807) is 29.6 Å². The largest absolute Gasteiger partial charge is 0.301 e. The van der Waals surface area contributed by atoms with Gasteiger partial charge in [-0.15, -0.1) is 11.3 Å². The molecule has 0 radical (unpaired) electrons. The summed E-state index contributed by atoms with van der Waals surface area (Å²) in [5.41, 5.74) is 1.40. The van der Waals surface area contributed by atoms with E-state index in [1.807, 2.05) is 0 Å². The first-order valence-corrected chi connectivity index (χ1v) is 11.4. The van der Waals surface area contributed by atoms with Gasteiger partial charge in [0.25, 0.3) is 0 Å². The van der Waals surface area contributed by atoms with Crippen LogP contribution in [0.25, 0.3) is 11.3 Å². The van der Waals surface area contributed by atoms with Gasteiger partial charge in [-0.25, -0.2) is 17.8 Å². The summed E-state index contributed by atoms with van der Waals surface area (Å²) in [7, 11) is -4.34. The van der Waals surface area contributed by atoms with Crippen molar-refractivity contribution in [3.8, 4) is 11.3 Å². The lowest BCUT2D eigenvalue weighted by atomic mass is 10.2. The Balaban J connectivity index is 1.85. The average molecular weight is 473 g/mol. The fraction of sp³-hybridized carbons (Fsp3) is 0.158. The summed E-state index contributed by atoms with van der Waals surface area (Å²) in [5.74, 6) is -1.85. The highest BCUT2D eigenvalue weighted by Gasteiger charge is 2.44. The molecular formula is C19H15Cl2FN2O3S2. The number of nitrogens with zero attached hydrogens (tertiary/aromatic N) is 1. The van der Waals surface area contributed by atoms with Crippen molar-refractivity contribution in [2.24, 2.45) is 0 Å². The molecule has 0 aliphatic carbocycles. The van der Waals surface area contributed by atoms with E-state index in [4.69, 9.17) is 23.2 Å². The molecule has 0 spiro atoms. The molecule has 0 aliphatic heterocycles. The molecule has 0 unspecified atom stereocenters. The van der Waals surface area contributed by atoms with Gasteiger partial charge in [-0.05, 0) is 44.2 Å². The third kappa shape index (κ3) is 4.30. The lowest BCUT2D eigenvalue weighted by Gasteiger charge is -2.23. The molecule has 0 saturated heterocycles. The Hall–Kier alpha value is -2.00. The third-order valence-corrected chi connectivity index (χ3v) is 7.95. The number of carbonyl (C=O) groups is 1. The molecule has 0 aliphatic rings. The van der Waals surface area contributed by atoms with Crippen LogP contribution in [0.3, 0.4) is 0 Å². The van der Waals surface area contributed by atoms with Gasteiger partial charge in [0.1, 0.15) is 15.5 Å². The van der Waals surface area contributed by atoms with Gasteiger partial charge in [0.05, 0.1) is 5.69 Å². The maximum Gasteiger partial charge on any atom is 0.247 e. The number of anilines is 1. The minimum Gasteiger partial charge on any atom is -0.301 e. The van der Waals surface area contributed by atoms with E-state index in [1.165, 1.54) is 19.9 Å². The first-order chi connectivity index (χ1) is 13.5. The van der Waals surface area contributed by atoms with Crippen LogP contribution < -0.4 is 5.32 Å². The summed E-state index contributed by atoms with van der Waals surface area (Å²) < 4.78 is 38.0. The smallest absolute Gasteiger partial charge is 0.247 e. The zero-order valence-corrected chi connectivity index (χ0v) is 18.4. The Kier molecular flexibility index (Phi) is 6.01. The van der Waals surface area contributed by atoms with Crippen LogP contribution in [-0.2, 0) is 14.6 Å². The molecule has 29 heavy (non-hydrogen) atoms. The van der Waals surface area contributed by atoms with Crippen LogP contribution in [0.2, 0.25) is 10.0 Å². The standard InChI is InChI=1S/C19H15Cl2FN2O3S2/c1-19(2,29(26,27)16-8-7-13(21)9-14(16)22)17(25)24-18-23-15(10-28-18)11-3-5-12(20)6-4-11/h3-10H,1-2H3,(H,23,24,25). The molecule has 1 aromatic heterocycles. The molecule has 1 N–H and O–H groups in total. The summed E-state index contributed by atoms with van der Waals surface area (Å²) in [6.07, 6.45) is 0. The van der Waals surface area contributed by atoms with Crippen LogP contribution in [0.5, 0.6) is 0 Å². The molecule has 0 fully saturated rings. The van der Waals surface area contributed by atoms with E-state index in [-0.39, 0.29) is 10.2 Å². The number of hydrogen-bond donors (Lipinski definition) is 1. The van der Waals surface area contributed by atoms with Gasteiger partial charge in [-0.3, -0.25) is 4.79 Å². The summed E-state index contributed by atoms with van der Waals surface area (Å²) in [6, 6.07) is 10.2. The minimum atomic E-state index is -4.34. The van der Waals surface area contributed by atoms with E-state index in [0.717, 1.165) is 29.0 Å². The summed E-state index contributed by atoms with van der Waals surface area (Å²) in [5, 5.41) is 5.09. The van der Waals surface area contributed by atoms with Crippen molar-refractivity contribution in [1.29, 1.82) is 0 Å². The first-order valence-electron chi connectivity index (χ1n) is 8.25. The highest BCUT2D eigenvalue weighted by Crippen LogP contribution is 2.31. The molecule has 5 nitrogen and oxygen atoms in total. The van der Waals surface area contributed by atoms with Gasteiger partial charge in [-0.1, -0.05) is 35.3 Å². The lowest BCUT2D eigenvalue weighted by molar-refractivity contribution is -0.117. The number of sulfone groups is 1. The van der Waals surface area contributed by atoms with Gasteiger partial charge in [0.15, 0.2) is 15.0 Å². The second-order valence-corrected chi connectivity index (χ2v) is 10.8. The van der Waals surface area contributed by atoms with Gasteiger partial charge < -0.3 is 5.32 Å². The second kappa shape index (κ2) is 8.02. The fourth-order valence-electron chi connectivity index (χ4n) is 2.42. The molecule has 0 atom stereocenters. The number of thiazole rings is 1. The Labute approximate surface area is 181 Å². The quantitative estimate of drug-likeness (QED) is 0.535. The Bertz CT molecular complexity index is 1180. The van der Waals surface area contributed by atoms with Crippen molar-refractivity contribution in [3.63, 3.8) is 0 Å². The predicted octanol–water partition coefficient (Wildman–Crippen LogP) is 5.45. The molecule has 152 valence electrons. The Morgan fingerprint density at radius 2 is 1.72 bits per heavy atom. The van der Waals surface area contributed by atoms with Crippen molar-refractivity contribution in [2.45, 2.75) is 23.5 Å². The Morgan fingerprint density at radius 1 is 1.10 bits per heavy atom. The molecule has 3 aromatic rings. The molecule has 3 rings (SSSR count). The zero-order chi connectivity index (χ0) is 21.4. The van der Waals surface area contributed by atoms with Crippen LogP contribution in [0, 0.1) is 5.82 Å². The number of aromatic nitrogens is 1. The van der Waals surface area contributed by atoms with Crippen LogP contribution in [0.4, 0.5) is 9.52 Å². The van der Waals surface area contributed by atoms with Gasteiger partial charge in [-0.2, -0.15) is 0 Å². The number of nitrogens with one attached hydrogen (secondary N) is 1. The molecule has 1 heterocycles. The number of benzene rings is 2. The van der Waals surface area contributed by atoms with E-state index < -0.39 is 31.2 Å². The highest BCUT2D eigenvalue weighted by molar-refractivity contribution is 7.93. The monoisotopic (exact) mass is 472 g/mol. The number of amides is 1. The topological polar surface area (TPSA) is 76.1 Å². The SMILES string of the molecule is CC(C)(C(=O)Nc1nc(-c2ccc(Cl)cc2)cs1)S(=O)(=O)c1ccc(Cl)cc1F. The molecule has 0 saturated carbocycles. The highest BCUT2D eigenvalue weighted by atomic mass is 35.5. The van der Waals surface area contributed by atoms with E-state index in [0.29, 0.717) is 10.7 Å². The summed E-state index contributed by atoms with van der Waals surface area (Å²) >= 11 is 12.7. The maximum absolute atomic E-state index is 14.2. The van der Waals surface area contributed by atoms with E-state index >= 15 is 0 Å². The fourth-order valence-corrected chi connectivity index (χ4v) is 4.83. The van der Waals surface area contributed by atoms with Gasteiger partial charge in [0, 0.05) is 21.0 Å². The molecule has 1 amide bonds. The van der Waals surface area contributed by atoms with Crippen LogP contribution in [0.1, 0.15) is 13.8 Å². The molecular weight excluding hydrogens is 458 g/mol. The molecule has 0 bridgehead atoms. The van der Waals surface area contributed by atoms with Crippen LogP contribution >= 0.6 is 34.5 Å². The maximum atomic E-state index is 14.2. The first kappa shape index (κ1) is 21.7. The van der Waals surface area contributed by atoms with Crippen molar-refractivity contribution >= 4 is 55.4 Å². The lowest BCUT2D eigenvalue weighted by Crippen LogP contribution is -2.44. The van der Waals surface area contributed by atoms with Crippen LogP contribution in [-0.4, -0.2) is 24.1 Å². The second-order valence-electron chi connectivity index (χ2n) is 6.59. The minimum absolute atomic E-state index is 0.0567. The normalized spacial score (nSPS) is 12.0. The molecule has 10 heteroatoms. The van der Waals surface area contributed by atoms with Crippen molar-refractivity contribution in [3.05, 3.63) is 63.7 Å². The van der Waals surface area contributed by atoms with E-state index in [2.05, 4.69) is 10.3 Å². The van der Waals surface area contributed by atoms with Gasteiger partial charge in [0.2, 0.25) is 5.91 Å². The molecule has 2 aromatic carbocycles. The van der Waals surface area contributed by atoms with E-state index in [9.17, 15) is 17.6 Å². The summed E-state index contributed by atoms with van der Waals surface area (Å²) in [6.45, 7) is 2.42. The average Bonchev–Trinajstić information content (AvgIpc) is 3.10. The van der Waals surface area contributed by atoms with Crippen molar-refractivity contribution < 1.29 is 17.6 Å². The Morgan fingerprint density at radius 3 is 2.34 bits per heavy atom. The number of carbonyl (C=O) groups excluding carboxylic acids is 1. The summed E-state index contributed by atoms with van der Waals surface area (Å²) in [4.78, 5) is 16.4.